The Morgan fingerprint density at radius 2 is 2.13 bits per heavy atom. The molecule has 0 aliphatic heterocycles. The van der Waals surface area contributed by atoms with Crippen molar-refractivity contribution in [2.75, 3.05) is 5.32 Å². The normalized spacial score (nSPS) is 11.3. The predicted octanol–water partition coefficient (Wildman–Crippen LogP) is 3.87. The van der Waals surface area contributed by atoms with Crippen molar-refractivity contribution in [2.24, 2.45) is 0 Å². The number of amides is 1. The molecular weight excluding hydrogens is 308 g/mol. The Labute approximate surface area is 139 Å². The smallest absolute Gasteiger partial charge is 0.230 e. The largest absolute Gasteiger partial charge is 0.328 e. The van der Waals surface area contributed by atoms with Crippen LogP contribution in [0.3, 0.4) is 0 Å². The lowest BCUT2D eigenvalue weighted by Crippen LogP contribution is -2.14. The van der Waals surface area contributed by atoms with Crippen LogP contribution < -0.4 is 5.32 Å². The molecule has 2 aromatic heterocycles. The first-order valence-electron chi connectivity index (χ1n) is 7.63. The minimum Gasteiger partial charge on any atom is -0.328 e. The van der Waals surface area contributed by atoms with Gasteiger partial charge < -0.3 is 9.88 Å². The van der Waals surface area contributed by atoms with Gasteiger partial charge in [-0.25, -0.2) is 9.97 Å². The average molecular weight is 328 g/mol. The van der Waals surface area contributed by atoms with Crippen molar-refractivity contribution < 1.29 is 4.79 Å². The van der Waals surface area contributed by atoms with Crippen LogP contribution in [0, 0.1) is 13.8 Å². The quantitative estimate of drug-likeness (QED) is 0.791. The maximum Gasteiger partial charge on any atom is 0.230 e. The highest BCUT2D eigenvalue weighted by molar-refractivity contribution is 7.15. The van der Waals surface area contributed by atoms with Gasteiger partial charge in [-0.2, -0.15) is 0 Å². The van der Waals surface area contributed by atoms with Gasteiger partial charge in [-0.1, -0.05) is 6.07 Å². The monoisotopic (exact) mass is 328 g/mol. The Bertz CT molecular complexity index is 843. The van der Waals surface area contributed by atoms with E-state index in [1.165, 1.54) is 11.3 Å². The van der Waals surface area contributed by atoms with Gasteiger partial charge in [-0.15, -0.1) is 11.3 Å². The Kier molecular flexibility index (Phi) is 4.17. The van der Waals surface area contributed by atoms with Crippen LogP contribution >= 0.6 is 11.3 Å². The van der Waals surface area contributed by atoms with Gasteiger partial charge in [0.2, 0.25) is 5.91 Å². The third kappa shape index (κ3) is 3.27. The van der Waals surface area contributed by atoms with Gasteiger partial charge in [-0.3, -0.25) is 4.79 Å². The molecule has 5 nitrogen and oxygen atoms in total. The van der Waals surface area contributed by atoms with Crippen molar-refractivity contribution >= 4 is 33.4 Å². The minimum atomic E-state index is -0.0543. The molecule has 120 valence electrons. The fourth-order valence-corrected chi connectivity index (χ4v) is 3.30. The number of imidazole rings is 1. The van der Waals surface area contributed by atoms with E-state index in [0.717, 1.165) is 27.2 Å². The fourth-order valence-electron chi connectivity index (χ4n) is 2.47. The number of rotatable bonds is 4. The van der Waals surface area contributed by atoms with Crippen molar-refractivity contribution in [2.45, 2.75) is 40.2 Å². The first kappa shape index (κ1) is 15.7. The summed E-state index contributed by atoms with van der Waals surface area (Å²) in [6.45, 7) is 8.20. The molecular formula is C17H20N4OS. The zero-order valence-corrected chi connectivity index (χ0v) is 14.6. The molecule has 1 amide bonds. The van der Waals surface area contributed by atoms with E-state index in [9.17, 15) is 4.79 Å². The molecule has 0 aliphatic carbocycles. The topological polar surface area (TPSA) is 59.8 Å². The number of carbonyl (C=O) groups excluding carboxylic acids is 1. The molecule has 0 bridgehead atoms. The number of carbonyl (C=O) groups is 1. The Balaban J connectivity index is 1.74. The number of nitrogens with one attached hydrogen (secondary N) is 1. The van der Waals surface area contributed by atoms with E-state index in [1.54, 1.807) is 0 Å². The second-order valence-corrected chi connectivity index (χ2v) is 7.16. The van der Waals surface area contributed by atoms with Crippen molar-refractivity contribution in [1.29, 1.82) is 0 Å². The molecule has 0 aliphatic rings. The number of nitrogens with zero attached hydrogens (tertiary/aromatic N) is 3. The number of anilines is 1. The maximum absolute atomic E-state index is 12.2. The van der Waals surface area contributed by atoms with Gasteiger partial charge in [-0.05, 0) is 45.4 Å². The molecule has 0 saturated carbocycles. The van der Waals surface area contributed by atoms with E-state index >= 15 is 0 Å². The van der Waals surface area contributed by atoms with Gasteiger partial charge in [0.25, 0.3) is 0 Å². The van der Waals surface area contributed by atoms with Crippen LogP contribution in [-0.4, -0.2) is 20.4 Å². The van der Waals surface area contributed by atoms with E-state index < -0.39 is 0 Å². The number of hydrogen-bond acceptors (Lipinski definition) is 4. The predicted molar refractivity (Wildman–Crippen MR) is 94.0 cm³/mol. The van der Waals surface area contributed by atoms with Crippen LogP contribution in [0.25, 0.3) is 11.0 Å². The standard InChI is InChI=1S/C17H20N4OS/c1-10(2)21-9-18-14-7-13(5-6-15(14)21)8-16(22)20-17-19-11(3)12(4)23-17/h5-7,9-10H,8H2,1-4H3,(H,19,20,22). The minimum absolute atomic E-state index is 0.0543. The summed E-state index contributed by atoms with van der Waals surface area (Å²) < 4.78 is 2.13. The van der Waals surface area contributed by atoms with Gasteiger partial charge in [0.15, 0.2) is 5.13 Å². The molecule has 1 N–H and O–H groups in total. The molecule has 6 heteroatoms. The van der Waals surface area contributed by atoms with Gasteiger partial charge >= 0.3 is 0 Å². The molecule has 0 fully saturated rings. The lowest BCUT2D eigenvalue weighted by molar-refractivity contribution is -0.115. The third-order valence-corrected chi connectivity index (χ3v) is 4.82. The van der Waals surface area contributed by atoms with Crippen LogP contribution in [0.4, 0.5) is 5.13 Å². The first-order chi connectivity index (χ1) is 10.9. The van der Waals surface area contributed by atoms with Crippen molar-refractivity contribution in [1.82, 2.24) is 14.5 Å². The van der Waals surface area contributed by atoms with E-state index in [2.05, 4.69) is 33.7 Å². The summed E-state index contributed by atoms with van der Waals surface area (Å²) in [6.07, 6.45) is 2.17. The second kappa shape index (κ2) is 6.12. The lowest BCUT2D eigenvalue weighted by Gasteiger charge is -2.08. The maximum atomic E-state index is 12.2. The van der Waals surface area contributed by atoms with Crippen LogP contribution in [0.1, 0.15) is 36.0 Å². The first-order valence-corrected chi connectivity index (χ1v) is 8.45. The zero-order valence-electron chi connectivity index (χ0n) is 13.8. The van der Waals surface area contributed by atoms with Crippen LogP contribution in [-0.2, 0) is 11.2 Å². The number of aromatic nitrogens is 3. The van der Waals surface area contributed by atoms with Crippen LogP contribution in [0.2, 0.25) is 0 Å². The SMILES string of the molecule is Cc1nc(NC(=O)Cc2ccc3c(c2)ncn3C(C)C)sc1C. The van der Waals surface area contributed by atoms with Crippen LogP contribution in [0.15, 0.2) is 24.5 Å². The number of fused-ring (bicyclic) bond motifs is 1. The summed E-state index contributed by atoms with van der Waals surface area (Å²) >= 11 is 1.50. The van der Waals surface area contributed by atoms with Gasteiger partial charge in [0.05, 0.1) is 29.5 Å². The molecule has 1 aromatic carbocycles. The Hall–Kier alpha value is -2.21. The Morgan fingerprint density at radius 1 is 1.35 bits per heavy atom. The summed E-state index contributed by atoms with van der Waals surface area (Å²) in [5, 5.41) is 3.53. The fraction of sp³-hybridized carbons (Fsp3) is 0.353. The molecule has 0 spiro atoms. The highest BCUT2D eigenvalue weighted by Gasteiger charge is 2.11. The molecule has 3 rings (SSSR count). The average Bonchev–Trinajstić information content (AvgIpc) is 3.02. The molecule has 0 atom stereocenters. The summed E-state index contributed by atoms with van der Waals surface area (Å²) in [5.74, 6) is -0.0543. The van der Waals surface area contributed by atoms with Gasteiger partial charge in [0, 0.05) is 10.9 Å². The van der Waals surface area contributed by atoms with E-state index in [0.29, 0.717) is 17.6 Å². The molecule has 2 heterocycles. The highest BCUT2D eigenvalue weighted by atomic mass is 32.1. The lowest BCUT2D eigenvalue weighted by atomic mass is 10.1. The molecule has 3 aromatic rings. The third-order valence-electron chi connectivity index (χ3n) is 3.84. The molecule has 23 heavy (non-hydrogen) atoms. The number of aryl methyl sites for hydroxylation is 2. The summed E-state index contributed by atoms with van der Waals surface area (Å²) in [6, 6.07) is 6.36. The summed E-state index contributed by atoms with van der Waals surface area (Å²) in [4.78, 5) is 22.1. The number of benzene rings is 1. The zero-order chi connectivity index (χ0) is 16.6. The Morgan fingerprint density at radius 3 is 2.78 bits per heavy atom. The van der Waals surface area contributed by atoms with E-state index in [-0.39, 0.29) is 5.91 Å². The molecule has 0 saturated heterocycles. The second-order valence-electron chi connectivity index (χ2n) is 5.95. The number of thiazole rings is 1. The highest BCUT2D eigenvalue weighted by Crippen LogP contribution is 2.22. The van der Waals surface area contributed by atoms with Crippen molar-refractivity contribution in [3.63, 3.8) is 0 Å². The van der Waals surface area contributed by atoms with Gasteiger partial charge in [0.1, 0.15) is 0 Å². The van der Waals surface area contributed by atoms with Crippen molar-refractivity contribution in [3.8, 4) is 0 Å². The summed E-state index contributed by atoms with van der Waals surface area (Å²) in [7, 11) is 0. The van der Waals surface area contributed by atoms with E-state index in [1.807, 2.05) is 38.4 Å². The number of hydrogen-bond donors (Lipinski definition) is 1. The molecule has 0 radical (unpaired) electrons. The van der Waals surface area contributed by atoms with E-state index in [4.69, 9.17) is 0 Å². The van der Waals surface area contributed by atoms with Crippen molar-refractivity contribution in [3.05, 3.63) is 40.7 Å². The molecule has 0 unspecified atom stereocenters. The van der Waals surface area contributed by atoms with Crippen LogP contribution in [0.5, 0.6) is 0 Å². The summed E-state index contributed by atoms with van der Waals surface area (Å²) in [5.41, 5.74) is 3.93.